The molecular weight excluding hydrogens is 194 g/mol. The Morgan fingerprint density at radius 3 is 2.73 bits per heavy atom. The Hall–Kier alpha value is -1.36. The van der Waals surface area contributed by atoms with E-state index in [1.807, 2.05) is 25.8 Å². The van der Waals surface area contributed by atoms with Crippen molar-refractivity contribution >= 4 is 5.97 Å². The quantitative estimate of drug-likeness (QED) is 0.776. The molecule has 5 nitrogen and oxygen atoms in total. The van der Waals surface area contributed by atoms with Crippen molar-refractivity contribution in [3.8, 4) is 0 Å². The summed E-state index contributed by atoms with van der Waals surface area (Å²) in [4.78, 5) is 12.5. The van der Waals surface area contributed by atoms with Crippen LogP contribution in [0.15, 0.2) is 6.20 Å². The molecule has 5 heteroatoms. The maximum atomic E-state index is 10.6. The van der Waals surface area contributed by atoms with E-state index < -0.39 is 5.97 Å². The molecular formula is C10H17N3O2. The van der Waals surface area contributed by atoms with Crippen LogP contribution < -0.4 is 0 Å². The Morgan fingerprint density at radius 1 is 1.67 bits per heavy atom. The lowest BCUT2D eigenvalue weighted by atomic mass is 10.2. The van der Waals surface area contributed by atoms with E-state index in [1.165, 1.54) is 0 Å². The van der Waals surface area contributed by atoms with Crippen LogP contribution in [0, 0.1) is 6.92 Å². The Bertz CT molecular complexity index is 346. The van der Waals surface area contributed by atoms with Crippen molar-refractivity contribution in [2.45, 2.75) is 20.4 Å². The summed E-state index contributed by atoms with van der Waals surface area (Å²) in [6.07, 6.45) is 1.79. The minimum Gasteiger partial charge on any atom is -0.480 e. The molecule has 0 spiro atoms. The van der Waals surface area contributed by atoms with Gasteiger partial charge in [-0.3, -0.25) is 14.4 Å². The summed E-state index contributed by atoms with van der Waals surface area (Å²) in [6, 6.07) is 0. The molecule has 1 rings (SSSR count). The van der Waals surface area contributed by atoms with Gasteiger partial charge in [0.25, 0.3) is 0 Å². The smallest absolute Gasteiger partial charge is 0.317 e. The standard InChI is InChI=1S/C10H17N3O2/c1-4-13(7-10(14)15)6-9-5-11-12(3)8(9)2/h5H,4,6-7H2,1-3H3,(H,14,15). The molecule has 0 unspecified atom stereocenters. The van der Waals surface area contributed by atoms with E-state index in [2.05, 4.69) is 5.10 Å². The molecule has 0 aliphatic rings. The lowest BCUT2D eigenvalue weighted by molar-refractivity contribution is -0.138. The highest BCUT2D eigenvalue weighted by Gasteiger charge is 2.11. The third-order valence-electron chi connectivity index (χ3n) is 2.54. The molecule has 0 bridgehead atoms. The highest BCUT2D eigenvalue weighted by atomic mass is 16.4. The molecule has 0 fully saturated rings. The third kappa shape index (κ3) is 3.06. The number of likely N-dealkylation sites (N-methyl/N-ethyl adjacent to an activating group) is 1. The summed E-state index contributed by atoms with van der Waals surface area (Å²) in [5, 5.41) is 12.8. The molecule has 1 aromatic heterocycles. The van der Waals surface area contributed by atoms with Crippen molar-refractivity contribution < 1.29 is 9.90 Å². The molecule has 0 amide bonds. The van der Waals surface area contributed by atoms with Crippen LogP contribution in [0.25, 0.3) is 0 Å². The predicted octanol–water partition coefficient (Wildman–Crippen LogP) is 0.635. The van der Waals surface area contributed by atoms with Gasteiger partial charge in [0.2, 0.25) is 0 Å². The second kappa shape index (κ2) is 4.93. The fourth-order valence-electron chi connectivity index (χ4n) is 1.41. The average Bonchev–Trinajstić information content (AvgIpc) is 2.48. The Morgan fingerprint density at radius 2 is 2.33 bits per heavy atom. The van der Waals surface area contributed by atoms with Crippen molar-refractivity contribution in [3.63, 3.8) is 0 Å². The molecule has 0 aromatic carbocycles. The summed E-state index contributed by atoms with van der Waals surface area (Å²) < 4.78 is 1.80. The van der Waals surface area contributed by atoms with Gasteiger partial charge in [-0.05, 0) is 13.5 Å². The zero-order valence-electron chi connectivity index (χ0n) is 9.40. The number of nitrogens with zero attached hydrogens (tertiary/aromatic N) is 3. The van der Waals surface area contributed by atoms with Crippen LogP contribution in [0.4, 0.5) is 0 Å². The number of aliphatic carboxylic acids is 1. The molecule has 0 atom stereocenters. The van der Waals surface area contributed by atoms with Gasteiger partial charge in [-0.1, -0.05) is 6.92 Å². The van der Waals surface area contributed by atoms with E-state index >= 15 is 0 Å². The third-order valence-corrected chi connectivity index (χ3v) is 2.54. The second-order valence-corrected chi connectivity index (χ2v) is 3.58. The number of carboxylic acid groups (broad SMARTS) is 1. The number of hydrogen-bond donors (Lipinski definition) is 1. The Labute approximate surface area is 89.3 Å². The van der Waals surface area contributed by atoms with Gasteiger partial charge in [0, 0.05) is 24.8 Å². The van der Waals surface area contributed by atoms with Gasteiger partial charge in [0.15, 0.2) is 0 Å². The number of carboxylic acids is 1. The van der Waals surface area contributed by atoms with Crippen molar-refractivity contribution in [2.24, 2.45) is 7.05 Å². The van der Waals surface area contributed by atoms with Crippen molar-refractivity contribution in [2.75, 3.05) is 13.1 Å². The predicted molar refractivity (Wildman–Crippen MR) is 56.5 cm³/mol. The van der Waals surface area contributed by atoms with Crippen LogP contribution in [0.2, 0.25) is 0 Å². The van der Waals surface area contributed by atoms with E-state index in [0.717, 1.165) is 17.8 Å². The summed E-state index contributed by atoms with van der Waals surface area (Å²) in [6.45, 7) is 5.37. The Kier molecular flexibility index (Phi) is 3.85. The molecule has 0 radical (unpaired) electrons. The van der Waals surface area contributed by atoms with Crippen LogP contribution in [0.3, 0.4) is 0 Å². The zero-order chi connectivity index (χ0) is 11.4. The summed E-state index contributed by atoms with van der Waals surface area (Å²) in [5.74, 6) is -0.793. The van der Waals surface area contributed by atoms with Crippen LogP contribution in [0.5, 0.6) is 0 Å². The topological polar surface area (TPSA) is 58.4 Å². The summed E-state index contributed by atoms with van der Waals surface area (Å²) in [7, 11) is 1.88. The molecule has 1 aromatic rings. The van der Waals surface area contributed by atoms with Gasteiger partial charge in [-0.15, -0.1) is 0 Å². The highest BCUT2D eigenvalue weighted by molar-refractivity contribution is 5.69. The van der Waals surface area contributed by atoms with Gasteiger partial charge in [0.1, 0.15) is 0 Å². The van der Waals surface area contributed by atoms with Crippen molar-refractivity contribution in [1.82, 2.24) is 14.7 Å². The van der Waals surface area contributed by atoms with Gasteiger partial charge in [0.05, 0.1) is 12.7 Å². The van der Waals surface area contributed by atoms with Crippen LogP contribution in [-0.4, -0.2) is 38.8 Å². The Balaban J connectivity index is 2.66. The minimum absolute atomic E-state index is 0.0742. The van der Waals surface area contributed by atoms with Crippen LogP contribution in [-0.2, 0) is 18.4 Å². The van der Waals surface area contributed by atoms with E-state index in [4.69, 9.17) is 5.11 Å². The second-order valence-electron chi connectivity index (χ2n) is 3.58. The molecule has 84 valence electrons. The largest absolute Gasteiger partial charge is 0.480 e. The van der Waals surface area contributed by atoms with Crippen molar-refractivity contribution in [1.29, 1.82) is 0 Å². The SMILES string of the molecule is CCN(CC(=O)O)Cc1cnn(C)c1C. The molecule has 0 aliphatic carbocycles. The number of hydrogen-bond acceptors (Lipinski definition) is 3. The van der Waals surface area contributed by atoms with Crippen molar-refractivity contribution in [3.05, 3.63) is 17.5 Å². The molecule has 0 saturated heterocycles. The minimum atomic E-state index is -0.793. The van der Waals surface area contributed by atoms with E-state index in [1.54, 1.807) is 10.9 Å². The molecule has 0 saturated carbocycles. The number of rotatable bonds is 5. The summed E-state index contributed by atoms with van der Waals surface area (Å²) >= 11 is 0. The zero-order valence-corrected chi connectivity index (χ0v) is 9.40. The normalized spacial score (nSPS) is 10.9. The molecule has 15 heavy (non-hydrogen) atoms. The van der Waals surface area contributed by atoms with Crippen LogP contribution in [0.1, 0.15) is 18.2 Å². The first-order valence-corrected chi connectivity index (χ1v) is 4.96. The maximum Gasteiger partial charge on any atom is 0.317 e. The lowest BCUT2D eigenvalue weighted by Gasteiger charge is -2.17. The first-order valence-electron chi connectivity index (χ1n) is 4.96. The van der Waals surface area contributed by atoms with E-state index in [9.17, 15) is 4.79 Å². The fraction of sp³-hybridized carbons (Fsp3) is 0.600. The number of aryl methyl sites for hydroxylation is 1. The van der Waals surface area contributed by atoms with Gasteiger partial charge >= 0.3 is 5.97 Å². The highest BCUT2D eigenvalue weighted by Crippen LogP contribution is 2.08. The van der Waals surface area contributed by atoms with Gasteiger partial charge < -0.3 is 5.11 Å². The van der Waals surface area contributed by atoms with Gasteiger partial charge in [-0.2, -0.15) is 5.10 Å². The molecule has 0 aliphatic heterocycles. The monoisotopic (exact) mass is 211 g/mol. The number of aromatic nitrogens is 2. The molecule has 1 heterocycles. The fourth-order valence-corrected chi connectivity index (χ4v) is 1.41. The average molecular weight is 211 g/mol. The maximum absolute atomic E-state index is 10.6. The van der Waals surface area contributed by atoms with E-state index in [-0.39, 0.29) is 6.54 Å². The number of carbonyl (C=O) groups is 1. The lowest BCUT2D eigenvalue weighted by Crippen LogP contribution is -2.29. The summed E-state index contributed by atoms with van der Waals surface area (Å²) in [5.41, 5.74) is 2.17. The molecule has 1 N–H and O–H groups in total. The van der Waals surface area contributed by atoms with Gasteiger partial charge in [-0.25, -0.2) is 0 Å². The first kappa shape index (κ1) is 11.7. The first-order chi connectivity index (χ1) is 7.04. The van der Waals surface area contributed by atoms with Crippen LogP contribution >= 0.6 is 0 Å². The van der Waals surface area contributed by atoms with E-state index in [0.29, 0.717) is 6.54 Å².